The molecular weight excluding hydrogens is 276 g/mol. The highest BCUT2D eigenvalue weighted by molar-refractivity contribution is 5.71. The Morgan fingerprint density at radius 1 is 1.32 bits per heavy atom. The van der Waals surface area contributed by atoms with Crippen molar-refractivity contribution in [3.05, 3.63) is 48.3 Å². The maximum absolute atomic E-state index is 5.51. The summed E-state index contributed by atoms with van der Waals surface area (Å²) in [5, 5.41) is 3.48. The van der Waals surface area contributed by atoms with Gasteiger partial charge in [0.2, 0.25) is 0 Å². The fraction of sp³-hybridized carbons (Fsp3) is 0.412. The first-order chi connectivity index (χ1) is 10.9. The van der Waals surface area contributed by atoms with Crippen LogP contribution in [0.5, 0.6) is 0 Å². The molecule has 1 atom stereocenters. The average molecular weight is 296 g/mol. The van der Waals surface area contributed by atoms with E-state index in [4.69, 9.17) is 9.40 Å². The number of piperidine rings is 1. The number of rotatable bonds is 4. The topological polar surface area (TPSA) is 55.9 Å². The minimum absolute atomic E-state index is 0.654. The molecule has 5 nitrogen and oxygen atoms in total. The maximum atomic E-state index is 5.51. The summed E-state index contributed by atoms with van der Waals surface area (Å²) in [6.07, 6.45) is 7.05. The number of imidazole rings is 1. The van der Waals surface area contributed by atoms with Crippen LogP contribution in [0.15, 0.2) is 41.1 Å². The van der Waals surface area contributed by atoms with Gasteiger partial charge in [0.15, 0.2) is 5.65 Å². The van der Waals surface area contributed by atoms with Gasteiger partial charge in [-0.25, -0.2) is 9.97 Å². The Morgan fingerprint density at radius 3 is 3.14 bits per heavy atom. The van der Waals surface area contributed by atoms with Gasteiger partial charge in [0, 0.05) is 12.6 Å². The third-order valence-corrected chi connectivity index (χ3v) is 4.35. The normalized spacial score (nSPS) is 18.8. The molecule has 3 aromatic rings. The van der Waals surface area contributed by atoms with Crippen LogP contribution in [0.2, 0.25) is 0 Å². The van der Waals surface area contributed by atoms with Gasteiger partial charge in [-0.15, -0.1) is 0 Å². The van der Waals surface area contributed by atoms with E-state index in [1.54, 1.807) is 6.26 Å². The first-order valence-electron chi connectivity index (χ1n) is 7.93. The van der Waals surface area contributed by atoms with Crippen LogP contribution in [0.3, 0.4) is 0 Å². The smallest absolute Gasteiger partial charge is 0.160 e. The molecule has 22 heavy (non-hydrogen) atoms. The quantitative estimate of drug-likeness (QED) is 0.804. The molecule has 1 saturated heterocycles. The van der Waals surface area contributed by atoms with Gasteiger partial charge in [-0.05, 0) is 56.1 Å². The van der Waals surface area contributed by atoms with Crippen molar-refractivity contribution in [1.82, 2.24) is 19.9 Å². The molecule has 1 unspecified atom stereocenters. The highest BCUT2D eigenvalue weighted by Gasteiger charge is 2.19. The molecular formula is C17H20N4O. The molecule has 1 fully saturated rings. The number of nitrogens with zero attached hydrogens (tertiary/aromatic N) is 3. The second-order valence-electron chi connectivity index (χ2n) is 5.96. The number of aromatic nitrogens is 3. The largest absolute Gasteiger partial charge is 0.467 e. The van der Waals surface area contributed by atoms with Crippen LogP contribution < -0.4 is 5.32 Å². The van der Waals surface area contributed by atoms with Crippen molar-refractivity contribution in [2.75, 3.05) is 13.1 Å². The average Bonchev–Trinajstić information content (AvgIpc) is 3.18. The molecule has 0 saturated carbocycles. The lowest BCUT2D eigenvalue weighted by atomic mass is 9.96. The number of nitrogens with one attached hydrogen (secondary N) is 1. The fourth-order valence-corrected chi connectivity index (χ4v) is 3.24. The molecule has 4 rings (SSSR count). The second kappa shape index (κ2) is 5.93. The van der Waals surface area contributed by atoms with E-state index in [0.29, 0.717) is 12.5 Å². The van der Waals surface area contributed by atoms with Gasteiger partial charge in [-0.1, -0.05) is 0 Å². The Labute approximate surface area is 129 Å². The number of pyridine rings is 1. The predicted molar refractivity (Wildman–Crippen MR) is 84.6 cm³/mol. The van der Waals surface area contributed by atoms with Crippen molar-refractivity contribution in [3.63, 3.8) is 0 Å². The van der Waals surface area contributed by atoms with Gasteiger partial charge in [0.25, 0.3) is 0 Å². The predicted octanol–water partition coefficient (Wildman–Crippen LogP) is 2.61. The van der Waals surface area contributed by atoms with Gasteiger partial charge in [0.1, 0.15) is 17.1 Å². The van der Waals surface area contributed by atoms with Crippen LogP contribution in [0.25, 0.3) is 11.2 Å². The van der Waals surface area contributed by atoms with Gasteiger partial charge < -0.3 is 14.3 Å². The standard InChI is InChI=1S/C17H20N4O/c1-4-13(11-18-7-1)10-16-20-15-6-2-8-19-17(15)21(16)12-14-5-3-9-22-14/h2-3,5-6,8-9,13,18H,1,4,7,10-12H2. The minimum Gasteiger partial charge on any atom is -0.467 e. The first-order valence-corrected chi connectivity index (χ1v) is 7.93. The molecule has 0 amide bonds. The summed E-state index contributed by atoms with van der Waals surface area (Å²) >= 11 is 0. The van der Waals surface area contributed by atoms with Crippen molar-refractivity contribution in [2.24, 2.45) is 5.92 Å². The monoisotopic (exact) mass is 296 g/mol. The number of hydrogen-bond donors (Lipinski definition) is 1. The van der Waals surface area contributed by atoms with Crippen LogP contribution in [-0.4, -0.2) is 27.6 Å². The summed E-state index contributed by atoms with van der Waals surface area (Å²) in [5.41, 5.74) is 1.91. The molecule has 0 radical (unpaired) electrons. The number of furan rings is 1. The summed E-state index contributed by atoms with van der Waals surface area (Å²) in [5.74, 6) is 2.70. The maximum Gasteiger partial charge on any atom is 0.160 e. The van der Waals surface area contributed by atoms with Crippen molar-refractivity contribution >= 4 is 11.2 Å². The van der Waals surface area contributed by atoms with Gasteiger partial charge in [-0.2, -0.15) is 0 Å². The van der Waals surface area contributed by atoms with Crippen molar-refractivity contribution in [1.29, 1.82) is 0 Å². The Bertz CT molecular complexity index is 741. The summed E-state index contributed by atoms with van der Waals surface area (Å²) in [6.45, 7) is 2.91. The Balaban J connectivity index is 1.69. The van der Waals surface area contributed by atoms with E-state index in [-0.39, 0.29) is 0 Å². The van der Waals surface area contributed by atoms with Crippen LogP contribution in [0, 0.1) is 5.92 Å². The molecule has 0 aliphatic carbocycles. The van der Waals surface area contributed by atoms with Crippen molar-refractivity contribution in [2.45, 2.75) is 25.8 Å². The van der Waals surface area contributed by atoms with Gasteiger partial charge >= 0.3 is 0 Å². The Hall–Kier alpha value is -2.14. The van der Waals surface area contributed by atoms with E-state index in [1.807, 2.05) is 30.5 Å². The Kier molecular flexibility index (Phi) is 3.64. The van der Waals surface area contributed by atoms with Crippen LogP contribution in [0.4, 0.5) is 0 Å². The number of hydrogen-bond acceptors (Lipinski definition) is 4. The molecule has 1 aliphatic heterocycles. The van der Waals surface area contributed by atoms with E-state index >= 15 is 0 Å². The van der Waals surface area contributed by atoms with E-state index in [2.05, 4.69) is 14.9 Å². The first kappa shape index (κ1) is 13.5. The second-order valence-corrected chi connectivity index (χ2v) is 5.96. The summed E-state index contributed by atoms with van der Waals surface area (Å²) in [6, 6.07) is 7.90. The molecule has 0 aromatic carbocycles. The van der Waals surface area contributed by atoms with Gasteiger partial charge in [0.05, 0.1) is 12.8 Å². The third kappa shape index (κ3) is 2.64. The summed E-state index contributed by atoms with van der Waals surface area (Å²) < 4.78 is 7.71. The fourth-order valence-electron chi connectivity index (χ4n) is 3.24. The van der Waals surface area contributed by atoms with E-state index in [9.17, 15) is 0 Å². The Morgan fingerprint density at radius 2 is 2.32 bits per heavy atom. The highest BCUT2D eigenvalue weighted by Crippen LogP contribution is 2.21. The third-order valence-electron chi connectivity index (χ3n) is 4.35. The molecule has 4 heterocycles. The molecule has 1 N–H and O–H groups in total. The minimum atomic E-state index is 0.654. The zero-order valence-corrected chi connectivity index (χ0v) is 12.5. The lowest BCUT2D eigenvalue weighted by Gasteiger charge is -2.22. The van der Waals surface area contributed by atoms with E-state index in [1.165, 1.54) is 12.8 Å². The molecule has 5 heteroatoms. The molecule has 0 bridgehead atoms. The SMILES string of the molecule is c1coc(Cn2c(CC3CCCNC3)nc3cccnc32)c1. The lowest BCUT2D eigenvalue weighted by molar-refractivity contribution is 0.366. The van der Waals surface area contributed by atoms with Crippen LogP contribution in [-0.2, 0) is 13.0 Å². The van der Waals surface area contributed by atoms with Crippen LogP contribution in [0.1, 0.15) is 24.4 Å². The number of fused-ring (bicyclic) bond motifs is 1. The molecule has 114 valence electrons. The zero-order chi connectivity index (χ0) is 14.8. The zero-order valence-electron chi connectivity index (χ0n) is 12.5. The molecule has 0 spiro atoms. The van der Waals surface area contributed by atoms with Crippen molar-refractivity contribution < 1.29 is 4.42 Å². The van der Waals surface area contributed by atoms with Gasteiger partial charge in [-0.3, -0.25) is 0 Å². The lowest BCUT2D eigenvalue weighted by Crippen LogP contribution is -2.31. The molecule has 1 aliphatic rings. The van der Waals surface area contributed by atoms with Crippen LogP contribution >= 0.6 is 0 Å². The summed E-state index contributed by atoms with van der Waals surface area (Å²) in [7, 11) is 0. The highest BCUT2D eigenvalue weighted by atomic mass is 16.3. The van der Waals surface area contributed by atoms with Crippen molar-refractivity contribution in [3.8, 4) is 0 Å². The summed E-state index contributed by atoms with van der Waals surface area (Å²) in [4.78, 5) is 9.34. The molecule has 3 aromatic heterocycles. The van der Waals surface area contributed by atoms with E-state index < -0.39 is 0 Å². The van der Waals surface area contributed by atoms with E-state index in [0.717, 1.165) is 42.3 Å².